The molecular weight excluding hydrogens is 414 g/mol. The van der Waals surface area contributed by atoms with Crippen LogP contribution >= 0.6 is 15.9 Å². The molecule has 26 heavy (non-hydrogen) atoms. The van der Waals surface area contributed by atoms with Crippen LogP contribution in [0.15, 0.2) is 57.9 Å². The van der Waals surface area contributed by atoms with Crippen molar-refractivity contribution in [3.05, 3.63) is 64.1 Å². The van der Waals surface area contributed by atoms with Gasteiger partial charge in [-0.15, -0.1) is 0 Å². The van der Waals surface area contributed by atoms with E-state index in [0.29, 0.717) is 12.1 Å². The molecule has 2 rings (SSSR count). The Hall–Kier alpha value is -1.66. The summed E-state index contributed by atoms with van der Waals surface area (Å²) in [6.45, 7) is 6.26. The molecule has 6 heteroatoms. The number of rotatable bonds is 7. The Balaban J connectivity index is 2.32. The van der Waals surface area contributed by atoms with E-state index < -0.39 is 9.84 Å². The lowest BCUT2D eigenvalue weighted by Crippen LogP contribution is -2.34. The van der Waals surface area contributed by atoms with E-state index in [4.69, 9.17) is 0 Å². The molecule has 0 saturated carbocycles. The van der Waals surface area contributed by atoms with Crippen molar-refractivity contribution in [2.75, 3.05) is 12.3 Å². The van der Waals surface area contributed by atoms with Crippen LogP contribution in [0.25, 0.3) is 0 Å². The first-order chi connectivity index (χ1) is 12.3. The molecule has 0 aromatic heterocycles. The van der Waals surface area contributed by atoms with Gasteiger partial charge in [0.15, 0.2) is 9.84 Å². The molecule has 1 unspecified atom stereocenters. The minimum absolute atomic E-state index is 0.0430. The van der Waals surface area contributed by atoms with Gasteiger partial charge in [0.25, 0.3) is 5.91 Å². The lowest BCUT2D eigenvalue weighted by atomic mass is 10.1. The van der Waals surface area contributed by atoms with Gasteiger partial charge in [-0.2, -0.15) is 0 Å². The molecule has 0 radical (unpaired) electrons. The van der Waals surface area contributed by atoms with Crippen molar-refractivity contribution in [3.8, 4) is 0 Å². The Bertz CT molecular complexity index is 863. The summed E-state index contributed by atoms with van der Waals surface area (Å²) in [5.74, 6) is -0.0584. The fourth-order valence-corrected chi connectivity index (χ4v) is 4.33. The van der Waals surface area contributed by atoms with Gasteiger partial charge < -0.3 is 4.90 Å². The average molecular weight is 438 g/mol. The van der Waals surface area contributed by atoms with Crippen LogP contribution in [0, 0.1) is 0 Å². The first kappa shape index (κ1) is 20.6. The van der Waals surface area contributed by atoms with Gasteiger partial charge in [0.1, 0.15) is 0 Å². The van der Waals surface area contributed by atoms with Crippen LogP contribution in [0.4, 0.5) is 0 Å². The number of benzene rings is 2. The van der Waals surface area contributed by atoms with Crippen molar-refractivity contribution in [2.45, 2.75) is 38.1 Å². The van der Waals surface area contributed by atoms with Crippen molar-refractivity contribution in [1.82, 2.24) is 4.90 Å². The summed E-state index contributed by atoms with van der Waals surface area (Å²) in [5, 5.41) is 0. The van der Waals surface area contributed by atoms with E-state index in [-0.39, 0.29) is 22.6 Å². The summed E-state index contributed by atoms with van der Waals surface area (Å²) in [6.07, 6.45) is 0.836. The highest BCUT2D eigenvalue weighted by Crippen LogP contribution is 2.29. The monoisotopic (exact) mass is 437 g/mol. The molecule has 0 heterocycles. The van der Waals surface area contributed by atoms with Crippen LogP contribution in [-0.4, -0.2) is 31.5 Å². The number of carbonyl (C=O) groups is 1. The number of hydrogen-bond donors (Lipinski definition) is 0. The maximum absolute atomic E-state index is 13.1. The maximum Gasteiger partial charge on any atom is 0.254 e. The smallest absolute Gasteiger partial charge is 0.254 e. The van der Waals surface area contributed by atoms with Crippen LogP contribution in [-0.2, 0) is 9.84 Å². The van der Waals surface area contributed by atoms with Crippen molar-refractivity contribution < 1.29 is 13.2 Å². The highest BCUT2D eigenvalue weighted by molar-refractivity contribution is 9.10. The van der Waals surface area contributed by atoms with Crippen molar-refractivity contribution in [2.24, 2.45) is 0 Å². The average Bonchev–Trinajstić information content (AvgIpc) is 2.65. The lowest BCUT2D eigenvalue weighted by molar-refractivity contribution is 0.0690. The highest BCUT2D eigenvalue weighted by atomic mass is 79.9. The Morgan fingerprint density at radius 2 is 1.69 bits per heavy atom. The van der Waals surface area contributed by atoms with Crippen LogP contribution in [0.3, 0.4) is 0 Å². The van der Waals surface area contributed by atoms with Crippen molar-refractivity contribution >= 4 is 31.7 Å². The minimum Gasteiger partial charge on any atom is -0.332 e. The molecule has 0 bridgehead atoms. The van der Waals surface area contributed by atoms with Gasteiger partial charge in [0.05, 0.1) is 16.7 Å². The fraction of sp³-hybridized carbons (Fsp3) is 0.350. The zero-order chi connectivity index (χ0) is 19.3. The number of nitrogens with zero attached hydrogens (tertiary/aromatic N) is 1. The zero-order valence-electron chi connectivity index (χ0n) is 15.3. The second-order valence-electron chi connectivity index (χ2n) is 6.12. The third-order valence-corrected chi connectivity index (χ3v) is 6.86. The van der Waals surface area contributed by atoms with Crippen molar-refractivity contribution in [1.29, 1.82) is 0 Å². The number of amides is 1. The SMILES string of the molecule is CCCN(C(=O)c1ccc(S(=O)(=O)CC)cc1)C(C)c1ccccc1Br. The third-order valence-electron chi connectivity index (χ3n) is 4.39. The number of halogens is 1. The summed E-state index contributed by atoms with van der Waals surface area (Å²) in [5.41, 5.74) is 1.53. The molecule has 2 aromatic rings. The van der Waals surface area contributed by atoms with Crippen LogP contribution < -0.4 is 0 Å². The van der Waals surface area contributed by atoms with Gasteiger partial charge in [0, 0.05) is 16.6 Å². The molecule has 1 amide bonds. The summed E-state index contributed by atoms with van der Waals surface area (Å²) < 4.78 is 24.9. The Morgan fingerprint density at radius 1 is 1.08 bits per heavy atom. The standard InChI is InChI=1S/C20H24BrNO3S/c1-4-14-22(15(3)18-8-6-7-9-19(18)21)20(23)16-10-12-17(13-11-16)26(24,25)5-2/h6-13,15H,4-5,14H2,1-3H3. The summed E-state index contributed by atoms with van der Waals surface area (Å²) >= 11 is 3.56. The van der Waals surface area contributed by atoms with Gasteiger partial charge >= 0.3 is 0 Å². The Labute approximate surface area is 164 Å². The molecule has 140 valence electrons. The van der Waals surface area contributed by atoms with E-state index >= 15 is 0 Å². The molecule has 2 aromatic carbocycles. The quantitative estimate of drug-likeness (QED) is 0.621. The van der Waals surface area contributed by atoms with E-state index in [2.05, 4.69) is 15.9 Å². The van der Waals surface area contributed by atoms with Crippen molar-refractivity contribution in [3.63, 3.8) is 0 Å². The number of carbonyl (C=O) groups excluding carboxylic acids is 1. The molecule has 0 aliphatic rings. The predicted molar refractivity (Wildman–Crippen MR) is 108 cm³/mol. The summed E-state index contributed by atoms with van der Waals surface area (Å²) in [7, 11) is -3.27. The maximum atomic E-state index is 13.1. The highest BCUT2D eigenvalue weighted by Gasteiger charge is 2.24. The van der Waals surface area contributed by atoms with E-state index in [9.17, 15) is 13.2 Å². The molecule has 0 N–H and O–H groups in total. The molecule has 0 saturated heterocycles. The first-order valence-electron chi connectivity index (χ1n) is 8.70. The molecular formula is C20H24BrNO3S. The largest absolute Gasteiger partial charge is 0.332 e. The molecule has 4 nitrogen and oxygen atoms in total. The number of sulfone groups is 1. The molecule has 0 spiro atoms. The normalized spacial score (nSPS) is 12.6. The predicted octanol–water partition coefficient (Wildman–Crippen LogP) is 4.86. The van der Waals surface area contributed by atoms with Gasteiger partial charge in [-0.3, -0.25) is 4.79 Å². The van der Waals surface area contributed by atoms with Crippen LogP contribution in [0.2, 0.25) is 0 Å². The fourth-order valence-electron chi connectivity index (χ4n) is 2.83. The lowest BCUT2D eigenvalue weighted by Gasteiger charge is -2.30. The van der Waals surface area contributed by atoms with E-state index in [1.165, 1.54) is 12.1 Å². The van der Waals surface area contributed by atoms with E-state index in [0.717, 1.165) is 16.5 Å². The minimum atomic E-state index is -3.27. The third kappa shape index (κ3) is 4.54. The van der Waals surface area contributed by atoms with Gasteiger partial charge in [-0.1, -0.05) is 48.0 Å². The van der Waals surface area contributed by atoms with Crippen LogP contribution in [0.1, 0.15) is 49.2 Å². The zero-order valence-corrected chi connectivity index (χ0v) is 17.7. The van der Waals surface area contributed by atoms with Gasteiger partial charge in [-0.05, 0) is 49.2 Å². The Kier molecular flexibility index (Phi) is 7.01. The van der Waals surface area contributed by atoms with Crippen LogP contribution in [0.5, 0.6) is 0 Å². The second kappa shape index (κ2) is 8.82. The second-order valence-corrected chi connectivity index (χ2v) is 9.26. The summed E-state index contributed by atoms with van der Waals surface area (Å²) in [6, 6.07) is 14.0. The first-order valence-corrected chi connectivity index (χ1v) is 11.1. The topological polar surface area (TPSA) is 54.5 Å². The molecule has 1 atom stereocenters. The van der Waals surface area contributed by atoms with E-state index in [1.54, 1.807) is 19.1 Å². The number of hydrogen-bond acceptors (Lipinski definition) is 3. The summed E-state index contributed by atoms with van der Waals surface area (Å²) in [4.78, 5) is 15.1. The van der Waals surface area contributed by atoms with E-state index in [1.807, 2.05) is 43.0 Å². The van der Waals surface area contributed by atoms with Gasteiger partial charge in [0.2, 0.25) is 0 Å². The van der Waals surface area contributed by atoms with Gasteiger partial charge in [-0.25, -0.2) is 8.42 Å². The molecule has 0 aliphatic heterocycles. The Morgan fingerprint density at radius 3 is 2.23 bits per heavy atom. The molecule has 0 fully saturated rings. The molecule has 0 aliphatic carbocycles.